The van der Waals surface area contributed by atoms with Crippen molar-refractivity contribution in [3.8, 4) is 44.5 Å². The molecule has 5 nitrogen and oxygen atoms in total. The van der Waals surface area contributed by atoms with E-state index in [4.69, 9.17) is 9.97 Å². The number of H-pyrrole nitrogens is 2. The summed E-state index contributed by atoms with van der Waals surface area (Å²) in [5.74, 6) is 0. The number of nitrogens with zero attached hydrogens (tertiary/aromatic N) is 3. The van der Waals surface area contributed by atoms with E-state index in [1.54, 1.807) is 0 Å². The molecule has 9 rings (SSSR count). The molecule has 3 aromatic carbocycles. The summed E-state index contributed by atoms with van der Waals surface area (Å²) < 4.78 is 1.18. The standard InChI is InChI=1S/C43H28IN5/c44-31-13-11-29(12-14-31)42-36-19-15-32(46-36)40(27-7-3-1-4-8-27)34-17-21-38(48-34)43(30-23-25-45-26-24-30)39-22-18-35(49-39)41(28-9-5-2-6-10-28)33-16-20-37(42)47-33/h1-26,46,49H. The summed E-state index contributed by atoms with van der Waals surface area (Å²) in [6, 6.07) is 42.3. The normalized spacial score (nSPS) is 12.0. The summed E-state index contributed by atoms with van der Waals surface area (Å²) in [7, 11) is 0. The fourth-order valence-corrected chi connectivity index (χ4v) is 7.12. The third kappa shape index (κ3) is 5.40. The number of rotatable bonds is 4. The van der Waals surface area contributed by atoms with E-state index in [1.165, 1.54) is 3.57 Å². The lowest BCUT2D eigenvalue weighted by Gasteiger charge is -2.07. The quantitative estimate of drug-likeness (QED) is 0.177. The van der Waals surface area contributed by atoms with Crippen molar-refractivity contribution in [1.29, 1.82) is 0 Å². The first kappa shape index (κ1) is 29.3. The molecule has 0 aliphatic carbocycles. The third-order valence-electron chi connectivity index (χ3n) is 8.98. The van der Waals surface area contributed by atoms with Crippen LogP contribution in [-0.2, 0) is 0 Å². The first-order chi connectivity index (χ1) is 24.2. The van der Waals surface area contributed by atoms with E-state index in [9.17, 15) is 0 Å². The first-order valence-electron chi connectivity index (χ1n) is 16.1. The van der Waals surface area contributed by atoms with Crippen LogP contribution in [0.4, 0.5) is 0 Å². The zero-order valence-electron chi connectivity index (χ0n) is 26.2. The molecule has 7 aromatic rings. The summed E-state index contributed by atoms with van der Waals surface area (Å²) in [6.07, 6.45) is 12.2. The molecule has 0 spiro atoms. The molecule has 0 atom stereocenters. The number of pyridine rings is 1. The molecule has 0 unspecified atom stereocenters. The Morgan fingerprint density at radius 3 is 1.10 bits per heavy atom. The molecule has 2 N–H and O–H groups in total. The average Bonchev–Trinajstić information content (AvgIpc) is 3.98. The van der Waals surface area contributed by atoms with Crippen molar-refractivity contribution in [2.24, 2.45) is 0 Å². The predicted octanol–water partition coefficient (Wildman–Crippen LogP) is 11.3. The van der Waals surface area contributed by atoms with Gasteiger partial charge in [-0.3, -0.25) is 4.98 Å². The highest BCUT2D eigenvalue weighted by Crippen LogP contribution is 2.38. The minimum atomic E-state index is 0.878. The van der Waals surface area contributed by atoms with Gasteiger partial charge in [0.1, 0.15) is 0 Å². The summed E-state index contributed by atoms with van der Waals surface area (Å²) in [5, 5.41) is 0. The van der Waals surface area contributed by atoms with E-state index in [0.29, 0.717) is 0 Å². The molecule has 6 heterocycles. The fourth-order valence-electron chi connectivity index (χ4n) is 6.77. The van der Waals surface area contributed by atoms with Crippen LogP contribution in [-0.4, -0.2) is 24.9 Å². The van der Waals surface area contributed by atoms with E-state index in [2.05, 4.69) is 159 Å². The van der Waals surface area contributed by atoms with Crippen molar-refractivity contribution in [3.63, 3.8) is 0 Å². The molecule has 232 valence electrons. The first-order valence-corrected chi connectivity index (χ1v) is 17.2. The van der Waals surface area contributed by atoms with Crippen LogP contribution < -0.4 is 0 Å². The van der Waals surface area contributed by atoms with E-state index in [1.807, 2.05) is 36.7 Å². The van der Waals surface area contributed by atoms with Gasteiger partial charge in [0.15, 0.2) is 0 Å². The van der Waals surface area contributed by atoms with Gasteiger partial charge in [0, 0.05) is 60.3 Å². The Bertz CT molecular complexity index is 2540. The van der Waals surface area contributed by atoms with Crippen LogP contribution in [0.25, 0.3) is 90.9 Å². The molecule has 2 aliphatic rings. The predicted molar refractivity (Wildman–Crippen MR) is 211 cm³/mol. The molecular weight excluding hydrogens is 713 g/mol. The highest BCUT2D eigenvalue weighted by atomic mass is 127. The molecule has 0 fully saturated rings. The Morgan fingerprint density at radius 1 is 0.367 bits per heavy atom. The molecule has 0 amide bonds. The summed E-state index contributed by atoms with van der Waals surface area (Å²) in [4.78, 5) is 22.6. The molecule has 0 saturated heterocycles. The number of benzene rings is 3. The van der Waals surface area contributed by atoms with Crippen LogP contribution >= 0.6 is 22.6 Å². The zero-order chi connectivity index (χ0) is 32.7. The van der Waals surface area contributed by atoms with Gasteiger partial charge in [0.05, 0.1) is 22.8 Å². The molecule has 2 aliphatic heterocycles. The maximum atomic E-state index is 5.36. The van der Waals surface area contributed by atoms with Crippen molar-refractivity contribution in [3.05, 3.63) is 160 Å². The van der Waals surface area contributed by atoms with Crippen LogP contribution in [0.2, 0.25) is 0 Å². The molecule has 4 aromatic heterocycles. The lowest BCUT2D eigenvalue weighted by Crippen LogP contribution is -1.89. The second-order valence-corrected chi connectivity index (χ2v) is 13.2. The monoisotopic (exact) mass is 741 g/mol. The van der Waals surface area contributed by atoms with Crippen LogP contribution in [0, 0.1) is 3.57 Å². The number of halogens is 1. The van der Waals surface area contributed by atoms with Gasteiger partial charge < -0.3 is 9.97 Å². The second-order valence-electron chi connectivity index (χ2n) is 12.0. The Labute approximate surface area is 297 Å². The van der Waals surface area contributed by atoms with Crippen molar-refractivity contribution in [2.75, 3.05) is 0 Å². The van der Waals surface area contributed by atoms with Gasteiger partial charge in [-0.25, -0.2) is 9.97 Å². The van der Waals surface area contributed by atoms with Crippen LogP contribution in [0.15, 0.2) is 134 Å². The summed E-state index contributed by atoms with van der Waals surface area (Å²) >= 11 is 2.36. The van der Waals surface area contributed by atoms with Gasteiger partial charge in [-0.05, 0) is 118 Å². The molecule has 0 saturated carbocycles. The maximum Gasteiger partial charge on any atom is 0.0737 e. The van der Waals surface area contributed by atoms with E-state index < -0.39 is 0 Å². The van der Waals surface area contributed by atoms with Gasteiger partial charge in [-0.2, -0.15) is 0 Å². The van der Waals surface area contributed by atoms with E-state index in [0.717, 1.165) is 89.4 Å². The minimum absolute atomic E-state index is 0.878. The summed E-state index contributed by atoms with van der Waals surface area (Å²) in [6.45, 7) is 0. The Morgan fingerprint density at radius 2 is 0.714 bits per heavy atom. The van der Waals surface area contributed by atoms with E-state index >= 15 is 0 Å². The second kappa shape index (κ2) is 12.3. The molecule has 6 heteroatoms. The third-order valence-corrected chi connectivity index (χ3v) is 9.70. The molecule has 0 radical (unpaired) electrons. The number of nitrogens with one attached hydrogen (secondary N) is 2. The maximum absolute atomic E-state index is 5.36. The Hall–Kier alpha value is -5.86. The van der Waals surface area contributed by atoms with Gasteiger partial charge in [0.25, 0.3) is 0 Å². The highest BCUT2D eigenvalue weighted by Gasteiger charge is 2.18. The number of fused-ring (bicyclic) bond motifs is 8. The number of aromatic amines is 2. The van der Waals surface area contributed by atoms with Gasteiger partial charge >= 0.3 is 0 Å². The van der Waals surface area contributed by atoms with Crippen molar-refractivity contribution in [1.82, 2.24) is 24.9 Å². The number of aromatic nitrogens is 5. The number of hydrogen-bond acceptors (Lipinski definition) is 3. The summed E-state index contributed by atoms with van der Waals surface area (Å²) in [5.41, 5.74) is 15.9. The topological polar surface area (TPSA) is 70.2 Å². The minimum Gasteiger partial charge on any atom is -0.354 e. The fraction of sp³-hybridized carbons (Fsp3) is 0. The largest absolute Gasteiger partial charge is 0.354 e. The molecular formula is C43H28IN5. The lowest BCUT2D eigenvalue weighted by atomic mass is 10.0. The van der Waals surface area contributed by atoms with E-state index in [-0.39, 0.29) is 0 Å². The van der Waals surface area contributed by atoms with Crippen molar-refractivity contribution >= 4 is 69.0 Å². The highest BCUT2D eigenvalue weighted by molar-refractivity contribution is 14.1. The molecule has 8 bridgehead atoms. The van der Waals surface area contributed by atoms with Crippen molar-refractivity contribution < 1.29 is 0 Å². The lowest BCUT2D eigenvalue weighted by molar-refractivity contribution is 1.30. The Balaban J connectivity index is 1.48. The zero-order valence-corrected chi connectivity index (χ0v) is 28.4. The van der Waals surface area contributed by atoms with Crippen LogP contribution in [0.3, 0.4) is 0 Å². The number of hydrogen-bond donors (Lipinski definition) is 2. The van der Waals surface area contributed by atoms with Gasteiger partial charge in [-0.15, -0.1) is 0 Å². The van der Waals surface area contributed by atoms with Crippen LogP contribution in [0.1, 0.15) is 22.8 Å². The van der Waals surface area contributed by atoms with Gasteiger partial charge in [0.2, 0.25) is 0 Å². The SMILES string of the molecule is Ic1ccc(-c2c3nc(c(-c4ccccc4)c4ccc([nH]4)c(-c4ccncc4)c4nc(c(-c5ccccc5)c5ccc2[nH]5)C=C4)C=C3)cc1. The smallest absolute Gasteiger partial charge is 0.0737 e. The van der Waals surface area contributed by atoms with Crippen molar-refractivity contribution in [2.45, 2.75) is 0 Å². The molecule has 49 heavy (non-hydrogen) atoms. The van der Waals surface area contributed by atoms with Gasteiger partial charge in [-0.1, -0.05) is 72.8 Å². The Kier molecular flexibility index (Phi) is 7.35. The average molecular weight is 742 g/mol. The van der Waals surface area contributed by atoms with Crippen LogP contribution in [0.5, 0.6) is 0 Å².